The van der Waals surface area contributed by atoms with Crippen LogP contribution in [-0.4, -0.2) is 40.2 Å². The lowest BCUT2D eigenvalue weighted by atomic mass is 10.4. The van der Waals surface area contributed by atoms with Gasteiger partial charge in [-0.2, -0.15) is 0 Å². The first kappa shape index (κ1) is 21.4. The minimum Gasteiger partial charge on any atom is -0.286 e. The first-order valence-electron chi connectivity index (χ1n) is 7.81. The summed E-state index contributed by atoms with van der Waals surface area (Å²) in [5.41, 5.74) is 0. The van der Waals surface area contributed by atoms with E-state index in [0.717, 1.165) is 0 Å². The molecule has 3 atom stereocenters. The van der Waals surface area contributed by atoms with Crippen LogP contribution < -0.4 is 0 Å². The number of nitrogens with zero attached hydrogens (tertiary/aromatic N) is 1. The molecule has 0 bridgehead atoms. The van der Waals surface area contributed by atoms with E-state index in [0.29, 0.717) is 16.2 Å². The highest BCUT2D eigenvalue weighted by atomic mass is 32.8. The summed E-state index contributed by atoms with van der Waals surface area (Å²) in [6.45, 7) is 0.0831. The molecular weight excluding hydrogens is 410 g/mol. The minimum atomic E-state index is -3.08. The van der Waals surface area contributed by atoms with E-state index in [9.17, 15) is 8.42 Å². The van der Waals surface area contributed by atoms with Gasteiger partial charge in [-0.3, -0.25) is 13.3 Å². The van der Waals surface area contributed by atoms with Crippen molar-refractivity contribution in [2.75, 3.05) is 20.7 Å². The van der Waals surface area contributed by atoms with Crippen LogP contribution >= 0.6 is 0 Å². The van der Waals surface area contributed by atoms with E-state index in [-0.39, 0.29) is 6.61 Å². The third-order valence-electron chi connectivity index (χ3n) is 3.48. The second-order valence-electron chi connectivity index (χ2n) is 5.66. The summed E-state index contributed by atoms with van der Waals surface area (Å²) >= 11 is 10.3. The van der Waals surface area contributed by atoms with Crippen molar-refractivity contribution < 1.29 is 16.8 Å². The lowest BCUT2D eigenvalue weighted by Gasteiger charge is -2.25. The zero-order valence-electron chi connectivity index (χ0n) is 14.5. The highest BCUT2D eigenvalue weighted by Crippen LogP contribution is 2.18. The Morgan fingerprint density at radius 2 is 1.35 bits per heavy atom. The van der Waals surface area contributed by atoms with Gasteiger partial charge in [0.15, 0.2) is 17.5 Å². The molecule has 0 aliphatic carbocycles. The summed E-state index contributed by atoms with van der Waals surface area (Å²) in [5.74, 6) is 0. The van der Waals surface area contributed by atoms with Gasteiger partial charge < -0.3 is 0 Å². The fraction of sp³-hybridized carbons (Fsp3) is 0.294. The van der Waals surface area contributed by atoms with Crippen molar-refractivity contribution in [2.45, 2.75) is 22.4 Å². The average Bonchev–Trinajstić information content (AvgIpc) is 2.62. The van der Waals surface area contributed by atoms with Crippen LogP contribution in [0.1, 0.15) is 6.42 Å². The molecule has 0 aliphatic rings. The predicted octanol–water partition coefficient (Wildman–Crippen LogP) is 2.74. The van der Waals surface area contributed by atoms with E-state index in [2.05, 4.69) is 0 Å². The second kappa shape index (κ2) is 9.32. The smallest absolute Gasteiger partial charge is 0.175 e. The zero-order valence-corrected chi connectivity index (χ0v) is 17.7. The van der Waals surface area contributed by atoms with Crippen LogP contribution in [0.2, 0.25) is 0 Å². The molecule has 0 fully saturated rings. The van der Waals surface area contributed by atoms with Crippen molar-refractivity contribution in [2.24, 2.45) is 0 Å². The van der Waals surface area contributed by atoms with E-state index in [1.54, 1.807) is 67.5 Å². The van der Waals surface area contributed by atoms with Crippen LogP contribution in [0, 0.1) is 0 Å². The molecule has 2 aromatic carbocycles. The summed E-state index contributed by atoms with van der Waals surface area (Å²) in [6, 6.07) is 17.3. The SMILES string of the molecule is CN(C)C(CCOS(=O)(=S)c1ccccc1)OS(=O)(=S)c1ccccc1. The van der Waals surface area contributed by atoms with Crippen LogP contribution in [0.25, 0.3) is 0 Å². The summed E-state index contributed by atoms with van der Waals surface area (Å²) < 4.78 is 36.3. The molecule has 26 heavy (non-hydrogen) atoms. The third-order valence-corrected chi connectivity index (χ3v) is 7.81. The van der Waals surface area contributed by atoms with Crippen LogP contribution in [0.3, 0.4) is 0 Å². The fourth-order valence-corrected chi connectivity index (χ4v) is 5.34. The number of rotatable bonds is 9. The van der Waals surface area contributed by atoms with E-state index in [4.69, 9.17) is 30.7 Å². The summed E-state index contributed by atoms with van der Waals surface area (Å²) in [7, 11) is -2.54. The summed E-state index contributed by atoms with van der Waals surface area (Å²) in [4.78, 5) is 2.64. The molecule has 0 saturated heterocycles. The van der Waals surface area contributed by atoms with Crippen molar-refractivity contribution in [3.05, 3.63) is 60.7 Å². The van der Waals surface area contributed by atoms with Gasteiger partial charge in [-0.05, 0) is 38.4 Å². The molecule has 9 heteroatoms. The lowest BCUT2D eigenvalue weighted by molar-refractivity contribution is 0.0577. The van der Waals surface area contributed by atoms with Gasteiger partial charge in [-0.15, -0.1) is 0 Å². The molecule has 0 heterocycles. The monoisotopic (exact) mass is 431 g/mol. The maximum Gasteiger partial charge on any atom is 0.175 e. The van der Waals surface area contributed by atoms with Crippen LogP contribution in [-0.2, 0) is 48.3 Å². The first-order chi connectivity index (χ1) is 12.2. The van der Waals surface area contributed by atoms with E-state index < -0.39 is 23.8 Å². The Morgan fingerprint density at radius 3 is 1.81 bits per heavy atom. The number of hydrogen-bond donors (Lipinski definition) is 0. The molecule has 0 spiro atoms. The molecule has 0 aromatic heterocycles. The van der Waals surface area contributed by atoms with Gasteiger partial charge in [0.05, 0.1) is 16.4 Å². The molecular formula is C17H21NO4S4. The van der Waals surface area contributed by atoms with Crippen LogP contribution in [0.4, 0.5) is 0 Å². The van der Waals surface area contributed by atoms with Crippen molar-refractivity contribution in [1.82, 2.24) is 4.90 Å². The third kappa shape index (κ3) is 6.05. The molecule has 0 amide bonds. The molecule has 0 N–H and O–H groups in total. The van der Waals surface area contributed by atoms with Crippen LogP contribution in [0.15, 0.2) is 70.5 Å². The predicted molar refractivity (Wildman–Crippen MR) is 110 cm³/mol. The molecule has 5 nitrogen and oxygen atoms in total. The normalized spacial score (nSPS) is 17.3. The van der Waals surface area contributed by atoms with Gasteiger partial charge >= 0.3 is 0 Å². The van der Waals surface area contributed by atoms with Gasteiger partial charge in [0.25, 0.3) is 0 Å². The first-order valence-corrected chi connectivity index (χ1v) is 12.6. The van der Waals surface area contributed by atoms with E-state index >= 15 is 0 Å². The highest BCUT2D eigenvalue weighted by molar-refractivity contribution is 8.30. The van der Waals surface area contributed by atoms with Gasteiger partial charge in [0.2, 0.25) is 0 Å². The quantitative estimate of drug-likeness (QED) is 0.566. The Bertz CT molecular complexity index is 898. The van der Waals surface area contributed by atoms with Gasteiger partial charge in [-0.1, -0.05) is 36.4 Å². The highest BCUT2D eigenvalue weighted by Gasteiger charge is 2.21. The van der Waals surface area contributed by atoms with Gasteiger partial charge in [-0.25, -0.2) is 8.42 Å². The van der Waals surface area contributed by atoms with Crippen molar-refractivity contribution >= 4 is 39.9 Å². The van der Waals surface area contributed by atoms with Gasteiger partial charge in [0, 0.05) is 28.8 Å². The second-order valence-corrected chi connectivity index (χ2v) is 11.5. The summed E-state index contributed by atoms with van der Waals surface area (Å²) in [5, 5.41) is 0. The molecule has 142 valence electrons. The molecule has 2 rings (SSSR count). The molecule has 2 aromatic rings. The Hall–Kier alpha value is -0.940. The fourth-order valence-electron chi connectivity index (χ4n) is 2.10. The van der Waals surface area contributed by atoms with Crippen molar-refractivity contribution in [3.63, 3.8) is 0 Å². The van der Waals surface area contributed by atoms with E-state index in [1.807, 2.05) is 12.1 Å². The molecule has 3 unspecified atom stereocenters. The maximum absolute atomic E-state index is 12.7. The molecule has 0 aliphatic heterocycles. The Kier molecular flexibility index (Phi) is 7.65. The van der Waals surface area contributed by atoms with Crippen molar-refractivity contribution in [1.29, 1.82) is 0 Å². The Labute approximate surface area is 165 Å². The topological polar surface area (TPSA) is 55.8 Å². The number of benzene rings is 2. The maximum atomic E-state index is 12.7. The molecule has 0 radical (unpaired) electrons. The zero-order chi connectivity index (χ0) is 19.2. The minimum absolute atomic E-state index is 0.0831. The Morgan fingerprint density at radius 1 is 0.885 bits per heavy atom. The largest absolute Gasteiger partial charge is 0.286 e. The van der Waals surface area contributed by atoms with Crippen LogP contribution in [0.5, 0.6) is 0 Å². The lowest BCUT2D eigenvalue weighted by Crippen LogP contribution is -2.34. The average molecular weight is 432 g/mol. The van der Waals surface area contributed by atoms with Gasteiger partial charge in [0.1, 0.15) is 6.23 Å². The van der Waals surface area contributed by atoms with E-state index in [1.165, 1.54) is 0 Å². The summed E-state index contributed by atoms with van der Waals surface area (Å²) in [6.07, 6.45) is -0.255. The Balaban J connectivity index is 2.01. The number of hydrogen-bond acceptors (Lipinski definition) is 7. The molecule has 0 saturated carbocycles. The van der Waals surface area contributed by atoms with Crippen molar-refractivity contribution in [3.8, 4) is 0 Å². The standard InChI is InChI=1S/C17H21NO4S4/c1-18(2)17(22-26(20,24)16-11-7-4-8-12-16)13-14-21-25(19,23)15-9-5-3-6-10-15/h3-12,17H,13-14H2,1-2H3.